The third-order valence-corrected chi connectivity index (χ3v) is 3.18. The number of aromatic nitrogens is 3. The first kappa shape index (κ1) is 15.4. The lowest BCUT2D eigenvalue weighted by atomic mass is 10.1. The summed E-state index contributed by atoms with van der Waals surface area (Å²) in [6.07, 6.45) is 1.02. The minimum absolute atomic E-state index is 0.00366. The largest absolute Gasteiger partial charge is 0.387 e. The molecule has 0 aliphatic carbocycles. The second-order valence-electron chi connectivity index (χ2n) is 4.43. The van der Waals surface area contributed by atoms with Gasteiger partial charge in [0.25, 0.3) is 0 Å². The van der Waals surface area contributed by atoms with Crippen molar-refractivity contribution in [2.75, 3.05) is 6.54 Å². The molecule has 1 aromatic heterocycles. The van der Waals surface area contributed by atoms with Crippen LogP contribution in [0.5, 0.6) is 0 Å². The highest BCUT2D eigenvalue weighted by molar-refractivity contribution is 6.30. The molecule has 1 aromatic carbocycles. The number of carbonyl (C=O) groups excluding carboxylic acids is 1. The van der Waals surface area contributed by atoms with Crippen LogP contribution in [0.15, 0.2) is 24.5 Å². The lowest BCUT2D eigenvalue weighted by Crippen LogP contribution is -2.28. The molecule has 3 N–H and O–H groups in total. The van der Waals surface area contributed by atoms with Gasteiger partial charge in [-0.1, -0.05) is 17.7 Å². The fourth-order valence-electron chi connectivity index (χ4n) is 1.72. The Kier molecular flexibility index (Phi) is 5.24. The van der Waals surface area contributed by atoms with Crippen molar-refractivity contribution in [3.05, 3.63) is 46.8 Å². The molecule has 1 amide bonds. The van der Waals surface area contributed by atoms with Crippen molar-refractivity contribution in [1.82, 2.24) is 20.5 Å². The number of aryl methyl sites for hydroxylation is 1. The van der Waals surface area contributed by atoms with Crippen LogP contribution in [0.25, 0.3) is 0 Å². The number of halogens is 2. The summed E-state index contributed by atoms with van der Waals surface area (Å²) in [4.78, 5) is 15.5. The lowest BCUT2D eigenvalue weighted by Gasteiger charge is -2.12. The number of hydrogen-bond donors (Lipinski definition) is 3. The van der Waals surface area contributed by atoms with Crippen molar-refractivity contribution >= 4 is 17.5 Å². The fraction of sp³-hybridized carbons (Fsp3) is 0.308. The summed E-state index contributed by atoms with van der Waals surface area (Å²) in [5.41, 5.74) is 0.354. The Bertz CT molecular complexity index is 606. The third kappa shape index (κ3) is 4.51. The smallest absolute Gasteiger partial charge is 0.220 e. The molecule has 0 saturated carbocycles. The Morgan fingerprint density at radius 3 is 3.00 bits per heavy atom. The van der Waals surface area contributed by atoms with Crippen LogP contribution in [0.3, 0.4) is 0 Å². The molecule has 0 aliphatic heterocycles. The third-order valence-electron chi connectivity index (χ3n) is 2.87. The van der Waals surface area contributed by atoms with Gasteiger partial charge in [0.15, 0.2) is 0 Å². The molecule has 2 aromatic rings. The quantitative estimate of drug-likeness (QED) is 0.751. The van der Waals surface area contributed by atoms with Crippen LogP contribution in [0, 0.1) is 5.82 Å². The number of benzene rings is 1. The van der Waals surface area contributed by atoms with Gasteiger partial charge in [0.2, 0.25) is 5.91 Å². The first-order valence-electron chi connectivity index (χ1n) is 6.30. The van der Waals surface area contributed by atoms with E-state index in [2.05, 4.69) is 20.5 Å². The van der Waals surface area contributed by atoms with Crippen LogP contribution in [-0.2, 0) is 11.2 Å². The normalized spacial score (nSPS) is 12.1. The first-order valence-corrected chi connectivity index (χ1v) is 6.68. The summed E-state index contributed by atoms with van der Waals surface area (Å²) in [7, 11) is 0. The van der Waals surface area contributed by atoms with Crippen LogP contribution >= 0.6 is 11.6 Å². The van der Waals surface area contributed by atoms with E-state index in [0.717, 1.165) is 6.07 Å². The highest BCUT2D eigenvalue weighted by Crippen LogP contribution is 2.19. The van der Waals surface area contributed by atoms with Crippen LogP contribution in [0.4, 0.5) is 4.39 Å². The number of hydrogen-bond acceptors (Lipinski definition) is 4. The van der Waals surface area contributed by atoms with Crippen molar-refractivity contribution < 1.29 is 14.3 Å². The van der Waals surface area contributed by atoms with Gasteiger partial charge >= 0.3 is 0 Å². The standard InChI is InChI=1S/C13H14ClFN4O2/c14-9-2-1-8(5-10(9)15)11(20)6-16-13(21)4-3-12-17-7-18-19-12/h1-2,5,7,11,20H,3-4,6H2,(H,16,21)(H,17,18,19). The van der Waals surface area contributed by atoms with Crippen molar-refractivity contribution in [1.29, 1.82) is 0 Å². The number of aliphatic hydroxyl groups is 1. The van der Waals surface area contributed by atoms with E-state index in [9.17, 15) is 14.3 Å². The molecule has 0 saturated heterocycles. The number of amides is 1. The van der Waals surface area contributed by atoms with Gasteiger partial charge in [-0.15, -0.1) is 0 Å². The van der Waals surface area contributed by atoms with Gasteiger partial charge in [0.05, 0.1) is 11.1 Å². The molecule has 8 heteroatoms. The Balaban J connectivity index is 1.78. The molecule has 1 unspecified atom stereocenters. The summed E-state index contributed by atoms with van der Waals surface area (Å²) in [5, 5.41) is 18.8. The molecule has 0 aliphatic rings. The summed E-state index contributed by atoms with van der Waals surface area (Å²) < 4.78 is 13.3. The van der Waals surface area contributed by atoms with Crippen molar-refractivity contribution in [3.8, 4) is 0 Å². The van der Waals surface area contributed by atoms with E-state index in [0.29, 0.717) is 17.8 Å². The number of carbonyl (C=O) groups is 1. The molecule has 0 radical (unpaired) electrons. The van der Waals surface area contributed by atoms with Crippen LogP contribution in [-0.4, -0.2) is 32.7 Å². The summed E-state index contributed by atoms with van der Waals surface area (Å²) in [5.74, 6) is -0.227. The van der Waals surface area contributed by atoms with E-state index in [1.165, 1.54) is 18.5 Å². The molecular weight excluding hydrogens is 299 g/mol. The number of nitrogens with zero attached hydrogens (tertiary/aromatic N) is 2. The summed E-state index contributed by atoms with van der Waals surface area (Å²) in [6.45, 7) is -0.00366. The average Bonchev–Trinajstić information content (AvgIpc) is 2.98. The van der Waals surface area contributed by atoms with E-state index in [4.69, 9.17) is 11.6 Å². The van der Waals surface area contributed by atoms with Crippen molar-refractivity contribution in [3.63, 3.8) is 0 Å². The predicted molar refractivity (Wildman–Crippen MR) is 74.1 cm³/mol. The minimum atomic E-state index is -0.994. The molecule has 6 nitrogen and oxygen atoms in total. The van der Waals surface area contributed by atoms with Crippen molar-refractivity contribution in [2.24, 2.45) is 0 Å². The maximum absolute atomic E-state index is 13.3. The highest BCUT2D eigenvalue weighted by atomic mass is 35.5. The SMILES string of the molecule is O=C(CCc1ncn[nH]1)NCC(O)c1ccc(Cl)c(F)c1. The van der Waals surface area contributed by atoms with Crippen LogP contribution in [0.1, 0.15) is 23.9 Å². The summed E-state index contributed by atoms with van der Waals surface area (Å²) >= 11 is 5.56. The zero-order valence-electron chi connectivity index (χ0n) is 11.0. The molecule has 1 heterocycles. The summed E-state index contributed by atoms with van der Waals surface area (Å²) in [6, 6.07) is 4.02. The number of nitrogens with one attached hydrogen (secondary N) is 2. The van der Waals surface area contributed by atoms with E-state index in [1.807, 2.05) is 0 Å². The van der Waals surface area contributed by atoms with Gasteiger partial charge in [-0.3, -0.25) is 9.89 Å². The molecule has 0 spiro atoms. The molecule has 21 heavy (non-hydrogen) atoms. The Morgan fingerprint density at radius 2 is 2.33 bits per heavy atom. The van der Waals surface area contributed by atoms with Crippen molar-refractivity contribution in [2.45, 2.75) is 18.9 Å². The molecule has 112 valence electrons. The molecule has 2 rings (SSSR count). The van der Waals surface area contributed by atoms with Gasteiger partial charge in [-0.05, 0) is 17.7 Å². The zero-order valence-corrected chi connectivity index (χ0v) is 11.8. The average molecular weight is 313 g/mol. The van der Waals surface area contributed by atoms with Gasteiger partial charge in [-0.25, -0.2) is 9.37 Å². The Morgan fingerprint density at radius 1 is 1.52 bits per heavy atom. The van der Waals surface area contributed by atoms with E-state index in [1.54, 1.807) is 0 Å². The van der Waals surface area contributed by atoms with Gasteiger partial charge in [0, 0.05) is 19.4 Å². The number of aromatic amines is 1. The molecule has 1 atom stereocenters. The minimum Gasteiger partial charge on any atom is -0.387 e. The molecular formula is C13H14ClFN4O2. The number of H-pyrrole nitrogens is 1. The predicted octanol–water partition coefficient (Wildman–Crippen LogP) is 1.38. The van der Waals surface area contributed by atoms with Gasteiger partial charge in [-0.2, -0.15) is 5.10 Å². The van der Waals surface area contributed by atoms with E-state index >= 15 is 0 Å². The van der Waals surface area contributed by atoms with Crippen LogP contribution in [0.2, 0.25) is 5.02 Å². The van der Waals surface area contributed by atoms with Gasteiger partial charge in [0.1, 0.15) is 18.0 Å². The second kappa shape index (κ2) is 7.14. The number of rotatable bonds is 6. The lowest BCUT2D eigenvalue weighted by molar-refractivity contribution is -0.121. The monoisotopic (exact) mass is 312 g/mol. The maximum atomic E-state index is 13.3. The Hall–Kier alpha value is -1.99. The van der Waals surface area contributed by atoms with Gasteiger partial charge < -0.3 is 10.4 Å². The molecule has 0 fully saturated rings. The zero-order chi connectivity index (χ0) is 15.2. The first-order chi connectivity index (χ1) is 10.1. The fourth-order valence-corrected chi connectivity index (χ4v) is 1.84. The van der Waals surface area contributed by atoms with E-state index < -0.39 is 11.9 Å². The highest BCUT2D eigenvalue weighted by Gasteiger charge is 2.12. The Labute approximate surface area is 125 Å². The topological polar surface area (TPSA) is 90.9 Å². The molecule has 0 bridgehead atoms. The van der Waals surface area contributed by atoms with E-state index in [-0.39, 0.29) is 23.9 Å². The number of aliphatic hydroxyl groups excluding tert-OH is 1. The maximum Gasteiger partial charge on any atom is 0.220 e. The van der Waals surface area contributed by atoms with Crippen LogP contribution < -0.4 is 5.32 Å². The second-order valence-corrected chi connectivity index (χ2v) is 4.83.